The van der Waals surface area contributed by atoms with E-state index in [0.717, 1.165) is 30.8 Å². The van der Waals surface area contributed by atoms with E-state index in [9.17, 15) is 14.7 Å². The number of benzene rings is 3. The molecule has 5 rings (SSSR count). The van der Waals surface area contributed by atoms with E-state index in [2.05, 4.69) is 18.7 Å². The van der Waals surface area contributed by atoms with Crippen LogP contribution in [0.3, 0.4) is 0 Å². The smallest absolute Gasteiger partial charge is 0.295 e. The lowest BCUT2D eigenvalue weighted by Gasteiger charge is -2.27. The number of carbonyl (C=O) groups is 2. The molecule has 1 saturated heterocycles. The Morgan fingerprint density at radius 1 is 0.951 bits per heavy atom. The molecular formula is C33H36N2O6. The van der Waals surface area contributed by atoms with Crippen LogP contribution in [0.4, 0.5) is 0 Å². The summed E-state index contributed by atoms with van der Waals surface area (Å²) in [7, 11) is 0. The van der Waals surface area contributed by atoms with Crippen molar-refractivity contribution in [1.82, 2.24) is 9.80 Å². The molecule has 0 unspecified atom stereocenters. The third kappa shape index (κ3) is 6.23. The van der Waals surface area contributed by atoms with Crippen LogP contribution in [0, 0.1) is 0 Å². The lowest BCUT2D eigenvalue weighted by molar-refractivity contribution is -0.140. The van der Waals surface area contributed by atoms with Gasteiger partial charge >= 0.3 is 0 Å². The summed E-state index contributed by atoms with van der Waals surface area (Å²) in [5.41, 5.74) is 2.23. The molecule has 2 aliphatic heterocycles. The van der Waals surface area contributed by atoms with Crippen molar-refractivity contribution < 1.29 is 28.9 Å². The number of hydrogen-bond acceptors (Lipinski definition) is 7. The second-order valence-electron chi connectivity index (χ2n) is 10.1. The summed E-state index contributed by atoms with van der Waals surface area (Å²) in [4.78, 5) is 30.7. The Hall–Kier alpha value is -4.30. The van der Waals surface area contributed by atoms with E-state index < -0.39 is 17.7 Å². The molecule has 1 atom stereocenters. The van der Waals surface area contributed by atoms with Gasteiger partial charge in [0.05, 0.1) is 11.6 Å². The van der Waals surface area contributed by atoms with E-state index in [4.69, 9.17) is 14.2 Å². The van der Waals surface area contributed by atoms with Crippen LogP contribution >= 0.6 is 0 Å². The van der Waals surface area contributed by atoms with Crippen LogP contribution in [-0.2, 0) is 16.2 Å². The zero-order valence-corrected chi connectivity index (χ0v) is 23.5. The van der Waals surface area contributed by atoms with Crippen molar-refractivity contribution in [3.63, 3.8) is 0 Å². The topological polar surface area (TPSA) is 88.5 Å². The maximum Gasteiger partial charge on any atom is 0.295 e. The summed E-state index contributed by atoms with van der Waals surface area (Å²) < 4.78 is 17.2. The van der Waals surface area contributed by atoms with Crippen LogP contribution in [0.2, 0.25) is 0 Å². The third-order valence-electron chi connectivity index (χ3n) is 7.57. The van der Waals surface area contributed by atoms with Crippen molar-refractivity contribution in [3.8, 4) is 17.2 Å². The third-order valence-corrected chi connectivity index (χ3v) is 7.57. The molecule has 0 aliphatic carbocycles. The molecule has 3 aromatic carbocycles. The molecule has 0 saturated carbocycles. The number of carbonyl (C=O) groups excluding carboxylic acids is 2. The monoisotopic (exact) mass is 556 g/mol. The predicted octanol–water partition coefficient (Wildman–Crippen LogP) is 5.19. The van der Waals surface area contributed by atoms with Crippen LogP contribution < -0.4 is 14.2 Å². The van der Waals surface area contributed by atoms with Crippen LogP contribution in [0.25, 0.3) is 5.76 Å². The number of aliphatic hydroxyl groups excluding tert-OH is 1. The normalized spacial score (nSPS) is 17.7. The Bertz CT molecular complexity index is 1400. The van der Waals surface area contributed by atoms with Gasteiger partial charge in [-0.15, -0.1) is 0 Å². The second kappa shape index (κ2) is 12.9. The second-order valence-corrected chi connectivity index (χ2v) is 10.1. The fraction of sp³-hybridized carbons (Fsp3) is 0.333. The lowest BCUT2D eigenvalue weighted by Crippen LogP contribution is -2.33. The zero-order valence-electron chi connectivity index (χ0n) is 23.5. The van der Waals surface area contributed by atoms with Gasteiger partial charge < -0.3 is 29.1 Å². The van der Waals surface area contributed by atoms with Gasteiger partial charge in [-0.1, -0.05) is 56.3 Å². The molecule has 3 aromatic rings. The summed E-state index contributed by atoms with van der Waals surface area (Å²) in [6.07, 6.45) is 0.702. The van der Waals surface area contributed by atoms with Crippen molar-refractivity contribution >= 4 is 17.4 Å². The number of fused-ring (bicyclic) bond motifs is 1. The Morgan fingerprint density at radius 2 is 1.66 bits per heavy atom. The minimum absolute atomic E-state index is 0.0625. The number of ether oxygens (including phenoxy) is 3. The van der Waals surface area contributed by atoms with Crippen LogP contribution in [-0.4, -0.2) is 66.0 Å². The summed E-state index contributed by atoms with van der Waals surface area (Å²) in [5, 5.41) is 11.5. The van der Waals surface area contributed by atoms with Gasteiger partial charge in [-0.05, 0) is 67.5 Å². The van der Waals surface area contributed by atoms with Crippen LogP contribution in [0.1, 0.15) is 43.0 Å². The first-order chi connectivity index (χ1) is 20.0. The van der Waals surface area contributed by atoms with E-state index in [0.29, 0.717) is 55.6 Å². The molecule has 1 N–H and O–H groups in total. The largest absolute Gasteiger partial charge is 0.507 e. The Morgan fingerprint density at radius 3 is 2.37 bits per heavy atom. The number of rotatable bonds is 11. The van der Waals surface area contributed by atoms with Gasteiger partial charge in [0.1, 0.15) is 31.3 Å². The zero-order chi connectivity index (χ0) is 28.8. The molecular weight excluding hydrogens is 520 g/mol. The molecule has 41 heavy (non-hydrogen) atoms. The minimum Gasteiger partial charge on any atom is -0.507 e. The van der Waals surface area contributed by atoms with Gasteiger partial charge in [-0.25, -0.2) is 0 Å². The SMILES string of the molecule is CCN(CC)CCCN1C(=O)C(=O)C(=C(O)c2ccc3c(c2)OCCO3)[C@H]1c1ccc(OCc2ccccc2)cc1. The summed E-state index contributed by atoms with van der Waals surface area (Å²) >= 11 is 0. The first-order valence-electron chi connectivity index (χ1n) is 14.2. The Kier molecular flexibility index (Phi) is 8.89. The van der Waals surface area contributed by atoms with E-state index in [1.54, 1.807) is 23.1 Å². The number of ketones is 1. The molecule has 0 radical (unpaired) electrons. The number of aliphatic hydroxyl groups is 1. The van der Waals surface area contributed by atoms with E-state index in [-0.39, 0.29) is 11.3 Å². The van der Waals surface area contributed by atoms with Crippen molar-refractivity contribution in [2.24, 2.45) is 0 Å². The number of Topliss-reactive ketones (excluding diaryl/α,β-unsaturated/α-hetero) is 1. The molecule has 0 bridgehead atoms. The number of nitrogens with zero attached hydrogens (tertiary/aromatic N) is 2. The van der Waals surface area contributed by atoms with Crippen molar-refractivity contribution in [3.05, 3.63) is 95.1 Å². The van der Waals surface area contributed by atoms with Crippen molar-refractivity contribution in [1.29, 1.82) is 0 Å². The molecule has 214 valence electrons. The van der Waals surface area contributed by atoms with Gasteiger partial charge in [0.15, 0.2) is 11.5 Å². The highest BCUT2D eigenvalue weighted by Crippen LogP contribution is 2.41. The van der Waals surface area contributed by atoms with E-state index in [1.807, 2.05) is 54.6 Å². The van der Waals surface area contributed by atoms with Crippen molar-refractivity contribution in [2.75, 3.05) is 39.4 Å². The molecule has 8 nitrogen and oxygen atoms in total. The fourth-order valence-corrected chi connectivity index (χ4v) is 5.30. The standard InChI is InChI=1S/C33H36N2O6/c1-3-34(4-2)17-8-18-35-30(24-11-14-26(15-12-24)41-22-23-9-6-5-7-10-23)29(32(37)33(35)38)31(36)25-13-16-27-28(21-25)40-20-19-39-27/h5-7,9-16,21,30,36H,3-4,8,17-20,22H2,1-2H3/t30-/m1/s1. The lowest BCUT2D eigenvalue weighted by atomic mass is 9.95. The Balaban J connectivity index is 1.46. The van der Waals surface area contributed by atoms with Gasteiger partial charge in [0, 0.05) is 12.1 Å². The molecule has 0 spiro atoms. The van der Waals surface area contributed by atoms with Crippen LogP contribution in [0.5, 0.6) is 17.2 Å². The first kappa shape index (κ1) is 28.2. The maximum atomic E-state index is 13.4. The fourth-order valence-electron chi connectivity index (χ4n) is 5.30. The van der Waals surface area contributed by atoms with E-state index >= 15 is 0 Å². The van der Waals surface area contributed by atoms with Gasteiger partial charge in [-0.2, -0.15) is 0 Å². The van der Waals surface area contributed by atoms with Crippen molar-refractivity contribution in [2.45, 2.75) is 32.9 Å². The summed E-state index contributed by atoms with van der Waals surface area (Å²) in [5.74, 6) is 0.189. The highest BCUT2D eigenvalue weighted by atomic mass is 16.6. The minimum atomic E-state index is -0.733. The molecule has 0 aromatic heterocycles. The van der Waals surface area contributed by atoms with Gasteiger partial charge in [0.2, 0.25) is 0 Å². The average Bonchev–Trinajstić information content (AvgIpc) is 3.27. The number of amides is 1. The first-order valence-corrected chi connectivity index (χ1v) is 14.2. The highest BCUT2D eigenvalue weighted by Gasteiger charge is 2.46. The number of hydrogen-bond donors (Lipinski definition) is 1. The summed E-state index contributed by atoms with van der Waals surface area (Å²) in [6, 6.07) is 21.6. The molecule has 8 heteroatoms. The van der Waals surface area contributed by atoms with E-state index in [1.165, 1.54) is 0 Å². The molecule has 1 fully saturated rings. The average molecular weight is 557 g/mol. The Labute approximate surface area is 240 Å². The summed E-state index contributed by atoms with van der Waals surface area (Å²) in [6.45, 7) is 8.48. The molecule has 1 amide bonds. The van der Waals surface area contributed by atoms with Gasteiger partial charge in [0.25, 0.3) is 11.7 Å². The number of likely N-dealkylation sites (tertiary alicyclic amines) is 1. The molecule has 2 aliphatic rings. The molecule has 2 heterocycles. The van der Waals surface area contributed by atoms with Crippen LogP contribution in [0.15, 0.2) is 78.4 Å². The highest BCUT2D eigenvalue weighted by molar-refractivity contribution is 6.46. The van der Waals surface area contributed by atoms with Gasteiger partial charge in [-0.3, -0.25) is 9.59 Å². The quantitative estimate of drug-likeness (QED) is 0.198. The maximum absolute atomic E-state index is 13.4. The predicted molar refractivity (Wildman–Crippen MR) is 156 cm³/mol.